The van der Waals surface area contributed by atoms with Gasteiger partial charge in [0, 0.05) is 6.20 Å². The Balaban J connectivity index is 2.55. The van der Waals surface area contributed by atoms with Crippen LogP contribution in [-0.2, 0) is 0 Å². The van der Waals surface area contributed by atoms with Crippen molar-refractivity contribution in [2.24, 2.45) is 0 Å². The van der Waals surface area contributed by atoms with Crippen molar-refractivity contribution in [3.05, 3.63) is 46.9 Å². The Morgan fingerprint density at radius 3 is 2.64 bits per heavy atom. The third-order valence-electron chi connectivity index (χ3n) is 1.74. The first-order valence-electron chi connectivity index (χ1n) is 4.01. The van der Waals surface area contributed by atoms with Crippen LogP contribution in [-0.4, -0.2) is 9.97 Å². The van der Waals surface area contributed by atoms with Crippen LogP contribution in [0.2, 0.25) is 0 Å². The van der Waals surface area contributed by atoms with Crippen LogP contribution >= 0.6 is 15.9 Å². The number of aromatic nitrogens is 2. The number of hydrogen-bond donors (Lipinski definition) is 0. The Kier molecular flexibility index (Phi) is 2.54. The molecule has 0 aliphatic rings. The van der Waals surface area contributed by atoms with Gasteiger partial charge in [-0.15, -0.1) is 0 Å². The first kappa shape index (κ1) is 9.27. The minimum atomic E-state index is -0.314. The minimum absolute atomic E-state index is 0.314. The molecule has 0 aliphatic heterocycles. The van der Waals surface area contributed by atoms with Gasteiger partial charge in [-0.3, -0.25) is 0 Å². The average molecular weight is 253 g/mol. The minimum Gasteiger partial charge on any atom is -0.236 e. The molecule has 70 valence electrons. The lowest BCUT2D eigenvalue weighted by Crippen LogP contribution is -1.91. The summed E-state index contributed by atoms with van der Waals surface area (Å²) in [6, 6.07) is 8.13. The van der Waals surface area contributed by atoms with Crippen LogP contribution in [0.3, 0.4) is 0 Å². The molecule has 0 unspecified atom stereocenters. The second-order valence-corrected chi connectivity index (χ2v) is 3.50. The number of hydrogen-bond acceptors (Lipinski definition) is 2. The monoisotopic (exact) mass is 252 g/mol. The second kappa shape index (κ2) is 3.84. The zero-order valence-electron chi connectivity index (χ0n) is 7.11. The molecule has 0 atom stereocenters. The van der Waals surface area contributed by atoms with Gasteiger partial charge in [0.05, 0.1) is 5.56 Å². The third kappa shape index (κ3) is 1.80. The zero-order chi connectivity index (χ0) is 9.97. The summed E-state index contributed by atoms with van der Waals surface area (Å²) in [6.45, 7) is 0. The van der Waals surface area contributed by atoms with E-state index in [0.29, 0.717) is 16.0 Å². The molecular weight excluding hydrogens is 247 g/mol. The van der Waals surface area contributed by atoms with Crippen molar-refractivity contribution >= 4 is 15.9 Å². The third-order valence-corrected chi connectivity index (χ3v) is 2.18. The fourth-order valence-electron chi connectivity index (χ4n) is 1.11. The van der Waals surface area contributed by atoms with Crippen LogP contribution in [0.1, 0.15) is 0 Å². The molecule has 2 rings (SSSR count). The van der Waals surface area contributed by atoms with Crippen molar-refractivity contribution < 1.29 is 4.39 Å². The molecule has 1 heterocycles. The first-order valence-corrected chi connectivity index (χ1v) is 4.80. The topological polar surface area (TPSA) is 25.8 Å². The van der Waals surface area contributed by atoms with E-state index in [4.69, 9.17) is 0 Å². The molecule has 0 N–H and O–H groups in total. The highest BCUT2D eigenvalue weighted by Gasteiger charge is 2.06. The van der Waals surface area contributed by atoms with Crippen molar-refractivity contribution in [2.75, 3.05) is 0 Å². The van der Waals surface area contributed by atoms with E-state index >= 15 is 0 Å². The highest BCUT2D eigenvalue weighted by Crippen LogP contribution is 2.19. The van der Waals surface area contributed by atoms with Crippen LogP contribution in [0.25, 0.3) is 11.4 Å². The summed E-state index contributed by atoms with van der Waals surface area (Å²) in [5, 5.41) is 0. The van der Waals surface area contributed by atoms with E-state index in [1.807, 2.05) is 0 Å². The maximum Gasteiger partial charge on any atom is 0.163 e. The first-order chi connectivity index (χ1) is 6.77. The Hall–Kier alpha value is -1.29. The van der Waals surface area contributed by atoms with E-state index < -0.39 is 0 Å². The molecule has 0 spiro atoms. The number of halogens is 2. The summed E-state index contributed by atoms with van der Waals surface area (Å²) >= 11 is 3.21. The normalized spacial score (nSPS) is 10.1. The quantitative estimate of drug-likeness (QED) is 0.730. The van der Waals surface area contributed by atoms with Crippen molar-refractivity contribution in [3.63, 3.8) is 0 Å². The molecule has 0 amide bonds. The van der Waals surface area contributed by atoms with E-state index in [1.54, 1.807) is 30.5 Å². The summed E-state index contributed by atoms with van der Waals surface area (Å²) < 4.78 is 14.0. The fraction of sp³-hybridized carbons (Fsp3) is 0. The van der Waals surface area contributed by atoms with Gasteiger partial charge in [0.25, 0.3) is 0 Å². The Morgan fingerprint density at radius 1 is 1.14 bits per heavy atom. The van der Waals surface area contributed by atoms with Gasteiger partial charge in [0.2, 0.25) is 0 Å². The van der Waals surface area contributed by atoms with Gasteiger partial charge in [-0.2, -0.15) is 0 Å². The molecule has 1 aromatic heterocycles. The van der Waals surface area contributed by atoms with Crippen molar-refractivity contribution in [2.45, 2.75) is 0 Å². The highest BCUT2D eigenvalue weighted by molar-refractivity contribution is 9.10. The maximum atomic E-state index is 13.3. The Bertz CT molecular complexity index is 459. The fourth-order valence-corrected chi connectivity index (χ4v) is 1.40. The van der Waals surface area contributed by atoms with Gasteiger partial charge >= 0.3 is 0 Å². The van der Waals surface area contributed by atoms with E-state index in [2.05, 4.69) is 25.9 Å². The van der Waals surface area contributed by atoms with E-state index in [9.17, 15) is 4.39 Å². The number of benzene rings is 1. The van der Waals surface area contributed by atoms with E-state index in [0.717, 1.165) is 0 Å². The molecule has 2 aromatic rings. The molecule has 0 aliphatic carbocycles. The number of rotatable bonds is 1. The molecule has 4 heteroatoms. The summed E-state index contributed by atoms with van der Waals surface area (Å²) in [6.07, 6.45) is 1.58. The molecule has 0 bridgehead atoms. The molecule has 1 aromatic carbocycles. The zero-order valence-corrected chi connectivity index (χ0v) is 8.70. The molecule has 0 radical (unpaired) electrons. The Labute approximate surface area is 89.0 Å². The second-order valence-electron chi connectivity index (χ2n) is 2.68. The predicted octanol–water partition coefficient (Wildman–Crippen LogP) is 3.05. The molecule has 0 fully saturated rings. The predicted molar refractivity (Wildman–Crippen MR) is 55.1 cm³/mol. The lowest BCUT2D eigenvalue weighted by Gasteiger charge is -2.00. The number of nitrogens with zero attached hydrogens (tertiary/aromatic N) is 2. The summed E-state index contributed by atoms with van der Waals surface area (Å²) in [7, 11) is 0. The lowest BCUT2D eigenvalue weighted by molar-refractivity contribution is 0.630. The summed E-state index contributed by atoms with van der Waals surface area (Å²) in [4.78, 5) is 8.06. The molecule has 2 nitrogen and oxygen atoms in total. The van der Waals surface area contributed by atoms with Gasteiger partial charge in [0.1, 0.15) is 10.4 Å². The lowest BCUT2D eigenvalue weighted by atomic mass is 10.2. The SMILES string of the molecule is Fc1ccccc1-c1nccc(Br)n1. The van der Waals surface area contributed by atoms with Crippen molar-refractivity contribution in [3.8, 4) is 11.4 Å². The van der Waals surface area contributed by atoms with Crippen LogP contribution in [0, 0.1) is 5.82 Å². The largest absolute Gasteiger partial charge is 0.236 e. The van der Waals surface area contributed by atoms with Crippen molar-refractivity contribution in [1.82, 2.24) is 9.97 Å². The van der Waals surface area contributed by atoms with Gasteiger partial charge in [-0.25, -0.2) is 14.4 Å². The molecule has 0 saturated heterocycles. The van der Waals surface area contributed by atoms with Gasteiger partial charge in [-0.1, -0.05) is 12.1 Å². The van der Waals surface area contributed by atoms with E-state index in [1.165, 1.54) is 6.07 Å². The summed E-state index contributed by atoms with van der Waals surface area (Å²) in [5.41, 5.74) is 0.411. The average Bonchev–Trinajstić information content (AvgIpc) is 2.18. The van der Waals surface area contributed by atoms with Gasteiger partial charge in [0.15, 0.2) is 5.82 Å². The molecule has 0 saturated carbocycles. The Morgan fingerprint density at radius 2 is 1.93 bits per heavy atom. The van der Waals surface area contributed by atoms with Crippen LogP contribution in [0.4, 0.5) is 4.39 Å². The van der Waals surface area contributed by atoms with Gasteiger partial charge < -0.3 is 0 Å². The van der Waals surface area contributed by atoms with Crippen LogP contribution in [0.5, 0.6) is 0 Å². The molecule has 14 heavy (non-hydrogen) atoms. The standard InChI is InChI=1S/C10H6BrFN2/c11-9-5-6-13-10(14-9)7-3-1-2-4-8(7)12/h1-6H. The highest BCUT2D eigenvalue weighted by atomic mass is 79.9. The van der Waals surface area contributed by atoms with Gasteiger partial charge in [-0.05, 0) is 34.1 Å². The maximum absolute atomic E-state index is 13.3. The smallest absolute Gasteiger partial charge is 0.163 e. The van der Waals surface area contributed by atoms with Crippen LogP contribution < -0.4 is 0 Å². The van der Waals surface area contributed by atoms with E-state index in [-0.39, 0.29) is 5.82 Å². The summed E-state index contributed by atoms with van der Waals surface area (Å²) in [5.74, 6) is 0.0723. The molecular formula is C10H6BrFN2. The van der Waals surface area contributed by atoms with Crippen LogP contribution in [0.15, 0.2) is 41.1 Å². The van der Waals surface area contributed by atoms with Crippen molar-refractivity contribution in [1.29, 1.82) is 0 Å².